The molecule has 2 aliphatic carbocycles. The summed E-state index contributed by atoms with van der Waals surface area (Å²) in [6, 6.07) is 56.1. The molecule has 0 N–H and O–H groups in total. The normalized spacial score (nSPS) is 14.7. The highest BCUT2D eigenvalue weighted by molar-refractivity contribution is 5.99. The molecule has 0 amide bonds. The van der Waals surface area contributed by atoms with E-state index >= 15 is 0 Å². The second-order valence-electron chi connectivity index (χ2n) is 14.2. The predicted molar refractivity (Wildman–Crippen MR) is 199 cm³/mol. The van der Waals surface area contributed by atoms with Crippen LogP contribution in [0.25, 0.3) is 44.2 Å². The van der Waals surface area contributed by atoms with Crippen LogP contribution < -0.4 is 4.90 Å². The Hall–Kier alpha value is -5.40. The van der Waals surface area contributed by atoms with Gasteiger partial charge >= 0.3 is 0 Å². The number of hydrogen-bond donors (Lipinski definition) is 0. The van der Waals surface area contributed by atoms with Crippen molar-refractivity contribution in [1.82, 2.24) is 0 Å². The zero-order chi connectivity index (χ0) is 31.9. The van der Waals surface area contributed by atoms with E-state index in [0.717, 1.165) is 5.69 Å². The van der Waals surface area contributed by atoms with Gasteiger partial charge in [0.05, 0.1) is 5.69 Å². The Bertz CT molecular complexity index is 2340. The molecule has 0 radical (unpaired) electrons. The number of fused-ring (bicyclic) bond motifs is 7. The molecule has 7 aromatic carbocycles. The molecule has 0 heterocycles. The zero-order valence-electron chi connectivity index (χ0n) is 27.4. The lowest BCUT2D eigenvalue weighted by Crippen LogP contribution is -2.17. The van der Waals surface area contributed by atoms with E-state index in [-0.39, 0.29) is 10.8 Å². The SMILES string of the molecule is CC1(C)c2ccc(-c3ccccc3)cc2-c2cc3c(cc21)-c1ccc(N(c2ccccc2)c2cccc4ccccc24)cc1C3(C)C. The largest absolute Gasteiger partial charge is 0.310 e. The Balaban J connectivity index is 1.20. The van der Waals surface area contributed by atoms with Crippen molar-refractivity contribution in [1.29, 1.82) is 0 Å². The van der Waals surface area contributed by atoms with E-state index in [9.17, 15) is 0 Å². The van der Waals surface area contributed by atoms with Gasteiger partial charge in [0, 0.05) is 27.6 Å². The first-order valence-electron chi connectivity index (χ1n) is 16.7. The van der Waals surface area contributed by atoms with Crippen LogP contribution in [0.4, 0.5) is 17.1 Å². The molecule has 226 valence electrons. The summed E-state index contributed by atoms with van der Waals surface area (Å²) < 4.78 is 0. The average Bonchev–Trinajstić information content (AvgIpc) is 3.47. The van der Waals surface area contributed by atoms with Crippen LogP contribution in [-0.4, -0.2) is 0 Å². The lowest BCUT2D eigenvalue weighted by atomic mass is 9.79. The quantitative estimate of drug-likeness (QED) is 0.193. The van der Waals surface area contributed by atoms with Crippen LogP contribution in [0.2, 0.25) is 0 Å². The highest BCUT2D eigenvalue weighted by Gasteiger charge is 2.42. The minimum absolute atomic E-state index is 0.0692. The van der Waals surface area contributed by atoms with Crippen molar-refractivity contribution in [3.05, 3.63) is 174 Å². The van der Waals surface area contributed by atoms with E-state index in [4.69, 9.17) is 0 Å². The molecular formula is C46H37N. The summed E-state index contributed by atoms with van der Waals surface area (Å²) in [6.45, 7) is 9.58. The number of rotatable bonds is 4. The molecule has 47 heavy (non-hydrogen) atoms. The molecule has 0 bridgehead atoms. The van der Waals surface area contributed by atoms with Gasteiger partial charge < -0.3 is 4.90 Å². The Morgan fingerprint density at radius 2 is 0.979 bits per heavy atom. The van der Waals surface area contributed by atoms with Crippen molar-refractivity contribution in [2.45, 2.75) is 38.5 Å². The molecule has 0 atom stereocenters. The highest BCUT2D eigenvalue weighted by atomic mass is 15.1. The third kappa shape index (κ3) is 4.09. The van der Waals surface area contributed by atoms with Crippen molar-refractivity contribution >= 4 is 27.8 Å². The maximum absolute atomic E-state index is 2.52. The van der Waals surface area contributed by atoms with Gasteiger partial charge in [-0.05, 0) is 110 Å². The van der Waals surface area contributed by atoms with Crippen LogP contribution in [-0.2, 0) is 10.8 Å². The second kappa shape index (κ2) is 10.0. The molecule has 1 heteroatoms. The Morgan fingerprint density at radius 1 is 0.383 bits per heavy atom. The minimum Gasteiger partial charge on any atom is -0.310 e. The van der Waals surface area contributed by atoms with Gasteiger partial charge in [0.15, 0.2) is 0 Å². The molecule has 7 aromatic rings. The van der Waals surface area contributed by atoms with Gasteiger partial charge in [-0.2, -0.15) is 0 Å². The highest BCUT2D eigenvalue weighted by Crippen LogP contribution is 2.57. The van der Waals surface area contributed by atoms with E-state index in [1.807, 2.05) is 0 Å². The Labute approximate surface area is 277 Å². The fraction of sp³-hybridized carbons (Fsp3) is 0.130. The van der Waals surface area contributed by atoms with Crippen LogP contribution in [0, 0.1) is 0 Å². The summed E-state index contributed by atoms with van der Waals surface area (Å²) in [5, 5.41) is 2.49. The van der Waals surface area contributed by atoms with E-state index in [2.05, 4.69) is 184 Å². The van der Waals surface area contributed by atoms with Gasteiger partial charge in [0.2, 0.25) is 0 Å². The van der Waals surface area contributed by atoms with Crippen molar-refractivity contribution in [2.75, 3.05) is 4.90 Å². The van der Waals surface area contributed by atoms with Crippen molar-refractivity contribution in [2.24, 2.45) is 0 Å². The van der Waals surface area contributed by atoms with E-state index in [1.165, 1.54) is 77.8 Å². The molecule has 1 nitrogen and oxygen atoms in total. The van der Waals surface area contributed by atoms with Gasteiger partial charge in [-0.3, -0.25) is 0 Å². The van der Waals surface area contributed by atoms with E-state index in [0.29, 0.717) is 0 Å². The van der Waals surface area contributed by atoms with Crippen LogP contribution in [0.5, 0.6) is 0 Å². The van der Waals surface area contributed by atoms with Gasteiger partial charge in [-0.15, -0.1) is 0 Å². The minimum atomic E-state index is -0.152. The first-order valence-corrected chi connectivity index (χ1v) is 16.7. The van der Waals surface area contributed by atoms with Crippen LogP contribution in [0.15, 0.2) is 152 Å². The monoisotopic (exact) mass is 603 g/mol. The molecule has 0 unspecified atom stereocenters. The molecule has 0 aromatic heterocycles. The van der Waals surface area contributed by atoms with Gasteiger partial charge in [-0.25, -0.2) is 0 Å². The van der Waals surface area contributed by atoms with E-state index in [1.54, 1.807) is 0 Å². The average molecular weight is 604 g/mol. The first kappa shape index (κ1) is 27.9. The number of anilines is 3. The Kier molecular flexibility index (Phi) is 5.96. The van der Waals surface area contributed by atoms with Gasteiger partial charge in [-0.1, -0.05) is 131 Å². The summed E-state index contributed by atoms with van der Waals surface area (Å²) >= 11 is 0. The zero-order valence-corrected chi connectivity index (χ0v) is 27.4. The Morgan fingerprint density at radius 3 is 1.74 bits per heavy atom. The smallest absolute Gasteiger partial charge is 0.0540 e. The van der Waals surface area contributed by atoms with Crippen molar-refractivity contribution in [3.63, 3.8) is 0 Å². The third-order valence-electron chi connectivity index (χ3n) is 10.8. The standard InChI is InChI=1S/C46H37N/c1-45(2)40-25-22-32(30-14-7-5-8-15-30)26-37(40)39-29-42-38(28-43(39)45)36-24-23-34(27-41(36)46(42,3)4)47(33-18-9-6-10-19-33)44-21-13-17-31-16-11-12-20-35(31)44/h5-29H,1-4H3. The summed E-state index contributed by atoms with van der Waals surface area (Å²) in [4.78, 5) is 2.42. The van der Waals surface area contributed by atoms with Crippen LogP contribution >= 0.6 is 0 Å². The molecule has 0 saturated carbocycles. The van der Waals surface area contributed by atoms with Gasteiger partial charge in [0.1, 0.15) is 0 Å². The third-order valence-corrected chi connectivity index (χ3v) is 10.8. The summed E-state index contributed by atoms with van der Waals surface area (Å²) in [5.74, 6) is 0. The molecule has 2 aliphatic rings. The number of nitrogens with zero attached hydrogens (tertiary/aromatic N) is 1. The molecule has 9 rings (SSSR count). The maximum Gasteiger partial charge on any atom is 0.0540 e. The molecular weight excluding hydrogens is 567 g/mol. The molecule has 0 saturated heterocycles. The summed E-state index contributed by atoms with van der Waals surface area (Å²) in [7, 11) is 0. The number of para-hydroxylation sites is 1. The topological polar surface area (TPSA) is 3.24 Å². The van der Waals surface area contributed by atoms with Crippen molar-refractivity contribution in [3.8, 4) is 33.4 Å². The molecule has 0 aliphatic heterocycles. The van der Waals surface area contributed by atoms with Crippen LogP contribution in [0.3, 0.4) is 0 Å². The molecule has 0 spiro atoms. The van der Waals surface area contributed by atoms with Crippen LogP contribution in [0.1, 0.15) is 49.9 Å². The fourth-order valence-corrected chi connectivity index (χ4v) is 8.32. The second-order valence-corrected chi connectivity index (χ2v) is 14.2. The maximum atomic E-state index is 2.52. The fourth-order valence-electron chi connectivity index (χ4n) is 8.32. The van der Waals surface area contributed by atoms with Crippen molar-refractivity contribution < 1.29 is 0 Å². The number of benzene rings is 7. The summed E-state index contributed by atoms with van der Waals surface area (Å²) in [5.41, 5.74) is 16.9. The first-order chi connectivity index (χ1) is 22.8. The number of hydrogen-bond acceptors (Lipinski definition) is 1. The lowest BCUT2D eigenvalue weighted by molar-refractivity contribution is 0.652. The summed E-state index contributed by atoms with van der Waals surface area (Å²) in [6.07, 6.45) is 0. The lowest BCUT2D eigenvalue weighted by Gasteiger charge is -2.29. The van der Waals surface area contributed by atoms with Gasteiger partial charge in [0.25, 0.3) is 0 Å². The predicted octanol–water partition coefficient (Wildman–Crippen LogP) is 12.6. The molecule has 0 fully saturated rings. The van der Waals surface area contributed by atoms with E-state index < -0.39 is 0 Å².